The first-order chi connectivity index (χ1) is 8.27. The SMILES string of the molecule is NC(CSc1ccccc1Cl)c1cncnc1. The average molecular weight is 266 g/mol. The lowest BCUT2D eigenvalue weighted by Gasteiger charge is -2.11. The van der Waals surface area contributed by atoms with Gasteiger partial charge in [-0.05, 0) is 12.1 Å². The van der Waals surface area contributed by atoms with Gasteiger partial charge in [-0.2, -0.15) is 0 Å². The van der Waals surface area contributed by atoms with Crippen LogP contribution in [-0.2, 0) is 0 Å². The molecule has 1 aromatic heterocycles. The van der Waals surface area contributed by atoms with Crippen molar-refractivity contribution < 1.29 is 0 Å². The van der Waals surface area contributed by atoms with Crippen molar-refractivity contribution in [2.75, 3.05) is 5.75 Å². The number of halogens is 1. The molecule has 1 aromatic carbocycles. The Bertz CT molecular complexity index is 478. The Hall–Kier alpha value is -1.10. The van der Waals surface area contributed by atoms with Crippen molar-refractivity contribution >= 4 is 23.4 Å². The summed E-state index contributed by atoms with van der Waals surface area (Å²) in [5, 5.41) is 0.758. The van der Waals surface area contributed by atoms with Crippen molar-refractivity contribution in [2.24, 2.45) is 5.73 Å². The van der Waals surface area contributed by atoms with Crippen LogP contribution in [0.25, 0.3) is 0 Å². The van der Waals surface area contributed by atoms with Crippen LogP contribution in [0.4, 0.5) is 0 Å². The number of hydrogen-bond acceptors (Lipinski definition) is 4. The second-order valence-corrected chi connectivity index (χ2v) is 4.99. The minimum atomic E-state index is -0.0857. The monoisotopic (exact) mass is 265 g/mol. The lowest BCUT2D eigenvalue weighted by Crippen LogP contribution is -2.13. The molecule has 0 spiro atoms. The molecular formula is C12H12ClN3S. The van der Waals surface area contributed by atoms with Crippen LogP contribution in [0.1, 0.15) is 11.6 Å². The molecule has 2 rings (SSSR count). The molecule has 0 aliphatic carbocycles. The van der Waals surface area contributed by atoms with Gasteiger partial charge in [-0.25, -0.2) is 9.97 Å². The van der Waals surface area contributed by atoms with Gasteiger partial charge in [0.15, 0.2) is 0 Å². The number of rotatable bonds is 4. The summed E-state index contributed by atoms with van der Waals surface area (Å²) in [4.78, 5) is 8.95. The predicted molar refractivity (Wildman–Crippen MR) is 71.1 cm³/mol. The van der Waals surface area contributed by atoms with Gasteiger partial charge in [0, 0.05) is 34.6 Å². The zero-order chi connectivity index (χ0) is 12.1. The standard InChI is InChI=1S/C12H12ClN3S/c13-10-3-1-2-4-12(10)17-7-11(14)9-5-15-8-16-6-9/h1-6,8,11H,7,14H2. The highest BCUT2D eigenvalue weighted by atomic mass is 35.5. The van der Waals surface area contributed by atoms with Crippen molar-refractivity contribution in [1.82, 2.24) is 9.97 Å². The zero-order valence-electron chi connectivity index (χ0n) is 9.08. The Morgan fingerprint density at radius 3 is 2.65 bits per heavy atom. The smallest absolute Gasteiger partial charge is 0.115 e. The Kier molecular flexibility index (Phi) is 4.36. The molecule has 5 heteroatoms. The van der Waals surface area contributed by atoms with E-state index < -0.39 is 0 Å². The molecule has 0 aliphatic heterocycles. The first-order valence-corrected chi connectivity index (χ1v) is 6.51. The van der Waals surface area contributed by atoms with E-state index in [0.717, 1.165) is 21.2 Å². The fourth-order valence-electron chi connectivity index (χ4n) is 1.34. The van der Waals surface area contributed by atoms with Crippen molar-refractivity contribution in [3.8, 4) is 0 Å². The van der Waals surface area contributed by atoms with Gasteiger partial charge in [-0.1, -0.05) is 23.7 Å². The lowest BCUT2D eigenvalue weighted by molar-refractivity contribution is 0.814. The van der Waals surface area contributed by atoms with E-state index in [9.17, 15) is 0 Å². The van der Waals surface area contributed by atoms with Gasteiger partial charge >= 0.3 is 0 Å². The minimum Gasteiger partial charge on any atom is -0.323 e. The molecule has 1 heterocycles. The summed E-state index contributed by atoms with van der Waals surface area (Å²) in [5.74, 6) is 0.747. The van der Waals surface area contributed by atoms with Crippen LogP contribution in [0.15, 0.2) is 47.9 Å². The molecule has 2 aromatic rings. The van der Waals surface area contributed by atoms with E-state index in [1.165, 1.54) is 6.33 Å². The summed E-state index contributed by atoms with van der Waals surface area (Å²) < 4.78 is 0. The molecule has 3 nitrogen and oxygen atoms in total. The molecule has 0 aliphatic rings. The van der Waals surface area contributed by atoms with Gasteiger partial charge in [0.25, 0.3) is 0 Å². The number of benzene rings is 1. The van der Waals surface area contributed by atoms with Crippen molar-refractivity contribution in [1.29, 1.82) is 0 Å². The maximum Gasteiger partial charge on any atom is 0.115 e. The Morgan fingerprint density at radius 1 is 1.24 bits per heavy atom. The van der Waals surface area contributed by atoms with Gasteiger partial charge in [0.05, 0.1) is 5.02 Å². The average Bonchev–Trinajstić information content (AvgIpc) is 2.38. The van der Waals surface area contributed by atoms with E-state index >= 15 is 0 Å². The predicted octanol–water partition coefficient (Wildman–Crippen LogP) is 2.92. The highest BCUT2D eigenvalue weighted by Gasteiger charge is 2.08. The van der Waals surface area contributed by atoms with Crippen molar-refractivity contribution in [2.45, 2.75) is 10.9 Å². The van der Waals surface area contributed by atoms with Crippen LogP contribution in [0.2, 0.25) is 5.02 Å². The van der Waals surface area contributed by atoms with Crippen LogP contribution in [0.5, 0.6) is 0 Å². The molecule has 1 unspecified atom stereocenters. The maximum atomic E-state index is 6.07. The normalized spacial score (nSPS) is 12.4. The van der Waals surface area contributed by atoms with Gasteiger partial charge in [0.2, 0.25) is 0 Å². The van der Waals surface area contributed by atoms with Gasteiger partial charge in [0.1, 0.15) is 6.33 Å². The second kappa shape index (κ2) is 6.00. The number of aromatic nitrogens is 2. The van der Waals surface area contributed by atoms with Crippen molar-refractivity contribution in [3.63, 3.8) is 0 Å². The number of nitrogens with two attached hydrogens (primary N) is 1. The summed E-state index contributed by atoms with van der Waals surface area (Å²) in [6.45, 7) is 0. The first-order valence-electron chi connectivity index (χ1n) is 5.15. The second-order valence-electron chi connectivity index (χ2n) is 3.52. The topological polar surface area (TPSA) is 51.8 Å². The highest BCUT2D eigenvalue weighted by molar-refractivity contribution is 7.99. The summed E-state index contributed by atoms with van der Waals surface area (Å²) in [6.07, 6.45) is 4.98. The highest BCUT2D eigenvalue weighted by Crippen LogP contribution is 2.28. The van der Waals surface area contributed by atoms with Crippen LogP contribution >= 0.6 is 23.4 Å². The molecule has 0 radical (unpaired) electrons. The number of nitrogens with zero attached hydrogens (tertiary/aromatic N) is 2. The van der Waals surface area contributed by atoms with Crippen LogP contribution < -0.4 is 5.73 Å². The molecule has 0 bridgehead atoms. The summed E-state index contributed by atoms with van der Waals surface area (Å²) in [7, 11) is 0. The van der Waals surface area contributed by atoms with E-state index in [1.807, 2.05) is 24.3 Å². The Morgan fingerprint density at radius 2 is 1.94 bits per heavy atom. The van der Waals surface area contributed by atoms with Crippen LogP contribution in [0.3, 0.4) is 0 Å². The Labute approximate surface area is 109 Å². The third-order valence-electron chi connectivity index (χ3n) is 2.26. The summed E-state index contributed by atoms with van der Waals surface area (Å²) in [6, 6.07) is 7.66. The molecule has 0 amide bonds. The van der Waals surface area contributed by atoms with Gasteiger partial charge in [-0.3, -0.25) is 0 Å². The van der Waals surface area contributed by atoms with E-state index in [4.69, 9.17) is 17.3 Å². The maximum absolute atomic E-state index is 6.07. The van der Waals surface area contributed by atoms with E-state index in [-0.39, 0.29) is 6.04 Å². The third kappa shape index (κ3) is 3.43. The largest absolute Gasteiger partial charge is 0.323 e. The molecule has 0 saturated carbocycles. The van der Waals surface area contributed by atoms with E-state index in [2.05, 4.69) is 9.97 Å². The molecule has 88 valence electrons. The lowest BCUT2D eigenvalue weighted by atomic mass is 10.2. The molecule has 0 saturated heterocycles. The van der Waals surface area contributed by atoms with Crippen molar-refractivity contribution in [3.05, 3.63) is 53.6 Å². The van der Waals surface area contributed by atoms with Crippen LogP contribution in [0, 0.1) is 0 Å². The zero-order valence-corrected chi connectivity index (χ0v) is 10.7. The molecule has 2 N–H and O–H groups in total. The van der Waals surface area contributed by atoms with E-state index in [1.54, 1.807) is 24.2 Å². The molecule has 0 fully saturated rings. The number of thioether (sulfide) groups is 1. The molecule has 17 heavy (non-hydrogen) atoms. The van der Waals surface area contributed by atoms with Gasteiger partial charge in [-0.15, -0.1) is 11.8 Å². The molecular weight excluding hydrogens is 254 g/mol. The quantitative estimate of drug-likeness (QED) is 0.864. The third-order valence-corrected chi connectivity index (χ3v) is 3.90. The first kappa shape index (κ1) is 12.4. The Balaban J connectivity index is 1.97. The fraction of sp³-hybridized carbons (Fsp3) is 0.167. The van der Waals surface area contributed by atoms with E-state index in [0.29, 0.717) is 0 Å². The fourth-order valence-corrected chi connectivity index (χ4v) is 2.57. The minimum absolute atomic E-state index is 0.0857. The number of hydrogen-bond donors (Lipinski definition) is 1. The van der Waals surface area contributed by atoms with Gasteiger partial charge < -0.3 is 5.73 Å². The van der Waals surface area contributed by atoms with Crippen LogP contribution in [-0.4, -0.2) is 15.7 Å². The summed E-state index contributed by atoms with van der Waals surface area (Å²) >= 11 is 7.70. The summed E-state index contributed by atoms with van der Waals surface area (Å²) in [5.41, 5.74) is 6.99. The molecule has 1 atom stereocenters.